The fourth-order valence-electron chi connectivity index (χ4n) is 1.18. The van der Waals surface area contributed by atoms with Crippen molar-refractivity contribution in [1.82, 2.24) is 30.4 Å². The molecule has 1 atom stereocenters. The molecule has 0 fully saturated rings. The minimum Gasteiger partial charge on any atom is -0.424 e. The van der Waals surface area contributed by atoms with Gasteiger partial charge in [-0.15, -0.1) is 15.3 Å². The number of thioether (sulfide) groups is 1. The lowest BCUT2D eigenvalue weighted by molar-refractivity contribution is 0.463. The second kappa shape index (κ2) is 5.50. The van der Waals surface area contributed by atoms with Crippen LogP contribution in [0.2, 0.25) is 0 Å². The van der Waals surface area contributed by atoms with Gasteiger partial charge in [0.2, 0.25) is 16.9 Å². The first-order valence-corrected chi connectivity index (χ1v) is 6.50. The monoisotopic (exact) mass is 272 g/mol. The molecule has 0 aliphatic rings. The van der Waals surface area contributed by atoms with Crippen LogP contribution >= 0.6 is 24.4 Å². The van der Waals surface area contributed by atoms with Gasteiger partial charge < -0.3 is 4.42 Å². The molecular weight excluding hydrogens is 260 g/mol. The minimum atomic E-state index is -0.0510. The van der Waals surface area contributed by atoms with Gasteiger partial charge in [0.05, 0.1) is 5.25 Å². The van der Waals surface area contributed by atoms with Gasteiger partial charge in [0.25, 0.3) is 0 Å². The maximum absolute atomic E-state index is 5.30. The van der Waals surface area contributed by atoms with E-state index in [0.717, 1.165) is 17.3 Å². The summed E-state index contributed by atoms with van der Waals surface area (Å²) in [5.74, 6) is 1.95. The topological polar surface area (TPSA) is 82.5 Å². The van der Waals surface area contributed by atoms with Crippen molar-refractivity contribution in [3.8, 4) is 0 Å². The van der Waals surface area contributed by atoms with Crippen molar-refractivity contribution in [2.75, 3.05) is 5.75 Å². The highest BCUT2D eigenvalue weighted by Crippen LogP contribution is 2.25. The highest BCUT2D eigenvalue weighted by molar-refractivity contribution is 7.99. The number of aromatic nitrogens is 6. The number of thiol groups is 1. The first-order valence-electron chi connectivity index (χ1n) is 5.00. The molecule has 2 heterocycles. The molecule has 0 aromatic carbocycles. The van der Waals surface area contributed by atoms with E-state index in [0.29, 0.717) is 11.8 Å². The van der Waals surface area contributed by atoms with Crippen LogP contribution in [0.25, 0.3) is 0 Å². The van der Waals surface area contributed by atoms with E-state index in [9.17, 15) is 0 Å². The van der Waals surface area contributed by atoms with Crippen LogP contribution in [0.15, 0.2) is 9.57 Å². The molecule has 7 nitrogen and oxygen atoms in total. The van der Waals surface area contributed by atoms with Gasteiger partial charge >= 0.3 is 0 Å². The van der Waals surface area contributed by atoms with E-state index in [1.807, 2.05) is 7.05 Å². The van der Waals surface area contributed by atoms with E-state index in [1.165, 1.54) is 0 Å². The van der Waals surface area contributed by atoms with Crippen LogP contribution in [-0.2, 0) is 7.05 Å². The number of hydrogen-bond acceptors (Lipinski definition) is 8. The van der Waals surface area contributed by atoms with Crippen LogP contribution in [0.1, 0.15) is 23.5 Å². The zero-order valence-corrected chi connectivity index (χ0v) is 11.1. The number of tetrazole rings is 1. The van der Waals surface area contributed by atoms with Crippen LogP contribution < -0.4 is 0 Å². The molecule has 17 heavy (non-hydrogen) atoms. The van der Waals surface area contributed by atoms with Gasteiger partial charge in [-0.05, 0) is 16.8 Å². The Balaban J connectivity index is 1.81. The largest absolute Gasteiger partial charge is 0.424 e. The fourth-order valence-corrected chi connectivity index (χ4v) is 2.44. The smallest absolute Gasteiger partial charge is 0.229 e. The predicted octanol–water partition coefficient (Wildman–Crippen LogP) is 1.05. The standard InChI is InChI=1S/C8H12N6OS2/c1-5-9-10-7(15-5)6(16)3-4-17-8-11-12-13-14(8)2/h6,16H,3-4H2,1-2H3. The lowest BCUT2D eigenvalue weighted by Crippen LogP contribution is -1.96. The average molecular weight is 272 g/mol. The summed E-state index contributed by atoms with van der Waals surface area (Å²) in [6.07, 6.45) is 0.808. The molecule has 2 aromatic rings. The summed E-state index contributed by atoms with van der Waals surface area (Å²) in [7, 11) is 1.81. The summed E-state index contributed by atoms with van der Waals surface area (Å²) in [5.41, 5.74) is 0. The molecule has 0 N–H and O–H groups in total. The Morgan fingerprint density at radius 2 is 2.24 bits per heavy atom. The second-order valence-electron chi connectivity index (χ2n) is 3.40. The zero-order valence-electron chi connectivity index (χ0n) is 9.44. The van der Waals surface area contributed by atoms with Gasteiger partial charge in [0.1, 0.15) is 0 Å². The van der Waals surface area contributed by atoms with Gasteiger partial charge in [-0.2, -0.15) is 12.6 Å². The SMILES string of the molecule is Cc1nnc(C(S)CCSc2nnnn2C)o1. The van der Waals surface area contributed by atoms with E-state index in [1.54, 1.807) is 23.4 Å². The number of rotatable bonds is 5. The second-order valence-corrected chi connectivity index (χ2v) is 5.08. The van der Waals surface area contributed by atoms with Crippen molar-refractivity contribution in [2.24, 2.45) is 7.05 Å². The number of aryl methyl sites for hydroxylation is 2. The highest BCUT2D eigenvalue weighted by atomic mass is 32.2. The Morgan fingerprint density at radius 1 is 1.41 bits per heavy atom. The zero-order chi connectivity index (χ0) is 12.3. The third kappa shape index (κ3) is 3.19. The Bertz CT molecular complexity index is 484. The summed E-state index contributed by atoms with van der Waals surface area (Å²) in [5, 5.41) is 19.6. The van der Waals surface area contributed by atoms with Gasteiger partial charge in [-0.3, -0.25) is 0 Å². The molecule has 0 bridgehead atoms. The van der Waals surface area contributed by atoms with E-state index in [-0.39, 0.29) is 5.25 Å². The first-order chi connectivity index (χ1) is 8.16. The van der Waals surface area contributed by atoms with E-state index >= 15 is 0 Å². The third-order valence-electron chi connectivity index (χ3n) is 2.03. The molecule has 1 unspecified atom stereocenters. The number of nitrogens with zero attached hydrogens (tertiary/aromatic N) is 6. The molecule has 0 aliphatic carbocycles. The lowest BCUT2D eigenvalue weighted by atomic mass is 10.3. The van der Waals surface area contributed by atoms with Crippen molar-refractivity contribution >= 4 is 24.4 Å². The number of hydrogen-bond donors (Lipinski definition) is 1. The molecule has 0 amide bonds. The average Bonchev–Trinajstić information content (AvgIpc) is 2.88. The molecule has 2 aromatic heterocycles. The highest BCUT2D eigenvalue weighted by Gasteiger charge is 2.14. The van der Waals surface area contributed by atoms with Crippen molar-refractivity contribution in [3.63, 3.8) is 0 Å². The first kappa shape index (κ1) is 12.4. The Kier molecular flexibility index (Phi) is 4.00. The predicted molar refractivity (Wildman–Crippen MR) is 64.9 cm³/mol. The fraction of sp³-hybridized carbons (Fsp3) is 0.625. The van der Waals surface area contributed by atoms with Gasteiger partial charge in [-0.25, -0.2) is 4.68 Å². The summed E-state index contributed by atoms with van der Waals surface area (Å²) in [6, 6.07) is 0. The molecule has 2 rings (SSSR count). The normalized spacial score (nSPS) is 12.9. The van der Waals surface area contributed by atoms with Crippen molar-refractivity contribution in [1.29, 1.82) is 0 Å². The van der Waals surface area contributed by atoms with E-state index < -0.39 is 0 Å². The van der Waals surface area contributed by atoms with Gasteiger partial charge in [0.15, 0.2) is 0 Å². The molecule has 0 aliphatic heterocycles. The van der Waals surface area contributed by atoms with Crippen LogP contribution in [0, 0.1) is 6.92 Å². The van der Waals surface area contributed by atoms with Crippen LogP contribution in [0.4, 0.5) is 0 Å². The van der Waals surface area contributed by atoms with Crippen LogP contribution in [0.5, 0.6) is 0 Å². The van der Waals surface area contributed by atoms with Gasteiger partial charge in [0, 0.05) is 19.7 Å². The maximum Gasteiger partial charge on any atom is 0.229 e. The lowest BCUT2D eigenvalue weighted by Gasteiger charge is -2.04. The Hall–Kier alpha value is -1.09. The van der Waals surface area contributed by atoms with Crippen molar-refractivity contribution in [3.05, 3.63) is 11.8 Å². The Labute approximate surface area is 108 Å². The summed E-state index contributed by atoms with van der Waals surface area (Å²) in [6.45, 7) is 1.76. The quantitative estimate of drug-likeness (QED) is 0.643. The van der Waals surface area contributed by atoms with Gasteiger partial charge in [-0.1, -0.05) is 11.8 Å². The molecule has 92 valence electrons. The van der Waals surface area contributed by atoms with E-state index in [4.69, 9.17) is 4.42 Å². The van der Waals surface area contributed by atoms with Crippen LogP contribution in [-0.4, -0.2) is 36.2 Å². The molecule has 0 saturated heterocycles. The molecule has 9 heteroatoms. The molecular formula is C8H12N6OS2. The maximum atomic E-state index is 5.30. The molecule has 0 saturated carbocycles. The summed E-state index contributed by atoms with van der Waals surface area (Å²) >= 11 is 5.99. The summed E-state index contributed by atoms with van der Waals surface area (Å²) in [4.78, 5) is 0. The van der Waals surface area contributed by atoms with Crippen LogP contribution in [0.3, 0.4) is 0 Å². The Morgan fingerprint density at radius 3 is 2.82 bits per heavy atom. The van der Waals surface area contributed by atoms with Crippen molar-refractivity contribution in [2.45, 2.75) is 23.8 Å². The molecule has 0 radical (unpaired) electrons. The minimum absolute atomic E-state index is 0.0510. The van der Waals surface area contributed by atoms with Crippen molar-refractivity contribution < 1.29 is 4.42 Å². The third-order valence-corrected chi connectivity index (χ3v) is 3.55. The summed E-state index contributed by atoms with van der Waals surface area (Å²) < 4.78 is 6.94. The van der Waals surface area contributed by atoms with E-state index in [2.05, 4.69) is 38.4 Å². The molecule has 0 spiro atoms.